The molecule has 1 atom stereocenters. The van der Waals surface area contributed by atoms with E-state index in [0.717, 1.165) is 36.8 Å². The third-order valence-corrected chi connectivity index (χ3v) is 6.01. The first kappa shape index (κ1) is 20.4. The van der Waals surface area contributed by atoms with E-state index < -0.39 is 0 Å². The van der Waals surface area contributed by atoms with E-state index in [1.54, 1.807) is 24.3 Å². The lowest BCUT2D eigenvalue weighted by Gasteiger charge is -2.33. The summed E-state index contributed by atoms with van der Waals surface area (Å²) in [5.74, 6) is 0.467. The fourth-order valence-electron chi connectivity index (χ4n) is 4.03. The van der Waals surface area contributed by atoms with E-state index in [-0.39, 0.29) is 30.9 Å². The minimum atomic E-state index is -0.268. The predicted octanol–water partition coefficient (Wildman–Crippen LogP) is 4.02. The van der Waals surface area contributed by atoms with E-state index in [2.05, 4.69) is 17.2 Å². The molecular weight excluding hydrogens is 400 g/mol. The highest BCUT2D eigenvalue weighted by Crippen LogP contribution is 2.20. The van der Waals surface area contributed by atoms with Crippen LogP contribution in [0.3, 0.4) is 0 Å². The number of halogens is 1. The predicted molar refractivity (Wildman–Crippen MR) is 117 cm³/mol. The molecule has 4 rings (SSSR count). The first-order valence-corrected chi connectivity index (χ1v) is 10.7. The molecule has 0 radical (unpaired) electrons. The van der Waals surface area contributed by atoms with Gasteiger partial charge in [-0.3, -0.25) is 9.59 Å². The summed E-state index contributed by atoms with van der Waals surface area (Å²) in [4.78, 5) is 32.2. The number of benzene rings is 2. The number of piperidine rings is 1. The maximum absolute atomic E-state index is 13.0. The SMILES string of the molecule is CC1CCCCN1C(=O)Cn1c(CNC(=O)c2ccccc2Cl)nc2ccccc21. The van der Waals surface area contributed by atoms with Gasteiger partial charge in [-0.15, -0.1) is 0 Å². The molecule has 1 aliphatic rings. The highest BCUT2D eigenvalue weighted by Gasteiger charge is 2.24. The molecule has 2 amide bonds. The van der Waals surface area contributed by atoms with Gasteiger partial charge in [0.1, 0.15) is 12.4 Å². The summed E-state index contributed by atoms with van der Waals surface area (Å²) in [6.07, 6.45) is 3.25. The van der Waals surface area contributed by atoms with E-state index in [1.807, 2.05) is 33.7 Å². The Morgan fingerprint density at radius 1 is 1.13 bits per heavy atom. The molecule has 30 heavy (non-hydrogen) atoms. The average Bonchev–Trinajstić information content (AvgIpc) is 3.10. The average molecular weight is 425 g/mol. The third-order valence-electron chi connectivity index (χ3n) is 5.68. The number of nitrogens with one attached hydrogen (secondary N) is 1. The Labute approximate surface area is 180 Å². The normalized spacial score (nSPS) is 16.6. The maximum atomic E-state index is 13.0. The van der Waals surface area contributed by atoms with Gasteiger partial charge in [0.15, 0.2) is 0 Å². The fraction of sp³-hybridized carbons (Fsp3) is 0.348. The molecule has 1 unspecified atom stereocenters. The van der Waals surface area contributed by atoms with Crippen LogP contribution in [0.1, 0.15) is 42.4 Å². The minimum Gasteiger partial charge on any atom is -0.345 e. The first-order valence-electron chi connectivity index (χ1n) is 10.3. The van der Waals surface area contributed by atoms with E-state index >= 15 is 0 Å². The topological polar surface area (TPSA) is 67.2 Å². The summed E-state index contributed by atoms with van der Waals surface area (Å²) in [6.45, 7) is 3.32. The summed E-state index contributed by atoms with van der Waals surface area (Å²) in [5.41, 5.74) is 2.11. The molecule has 6 nitrogen and oxygen atoms in total. The Hall–Kier alpha value is -2.86. The molecule has 2 aromatic carbocycles. The second-order valence-electron chi connectivity index (χ2n) is 7.70. The van der Waals surface area contributed by atoms with Gasteiger partial charge in [-0.25, -0.2) is 4.98 Å². The zero-order valence-electron chi connectivity index (χ0n) is 17.0. The summed E-state index contributed by atoms with van der Waals surface area (Å²) in [6, 6.07) is 14.9. The van der Waals surface area contributed by atoms with Crippen LogP contribution < -0.4 is 5.32 Å². The van der Waals surface area contributed by atoms with Gasteiger partial charge in [0.2, 0.25) is 5.91 Å². The minimum absolute atomic E-state index is 0.0871. The van der Waals surface area contributed by atoms with Gasteiger partial charge >= 0.3 is 0 Å². The molecule has 0 bridgehead atoms. The smallest absolute Gasteiger partial charge is 0.253 e. The van der Waals surface area contributed by atoms with Crippen molar-refractivity contribution in [1.29, 1.82) is 0 Å². The Bertz CT molecular complexity index is 1080. The highest BCUT2D eigenvalue weighted by atomic mass is 35.5. The second kappa shape index (κ2) is 8.88. The largest absolute Gasteiger partial charge is 0.345 e. The van der Waals surface area contributed by atoms with E-state index in [0.29, 0.717) is 16.4 Å². The van der Waals surface area contributed by atoms with Crippen molar-refractivity contribution >= 4 is 34.4 Å². The molecule has 3 aromatic rings. The van der Waals surface area contributed by atoms with Crippen molar-refractivity contribution in [1.82, 2.24) is 19.8 Å². The Morgan fingerprint density at radius 3 is 2.70 bits per heavy atom. The molecule has 2 heterocycles. The van der Waals surface area contributed by atoms with Crippen LogP contribution in [0, 0.1) is 0 Å². The van der Waals surface area contributed by atoms with Gasteiger partial charge in [-0.2, -0.15) is 0 Å². The van der Waals surface area contributed by atoms with Crippen LogP contribution in [-0.2, 0) is 17.9 Å². The lowest BCUT2D eigenvalue weighted by Crippen LogP contribution is -2.43. The standard InChI is InChI=1S/C23H25ClN4O2/c1-16-8-6-7-13-27(16)22(29)15-28-20-12-5-4-11-19(20)26-21(28)14-25-23(30)17-9-2-3-10-18(17)24/h2-5,9-12,16H,6-8,13-15H2,1H3,(H,25,30). The fourth-order valence-corrected chi connectivity index (χ4v) is 4.25. The molecule has 1 aromatic heterocycles. The molecule has 7 heteroatoms. The first-order chi connectivity index (χ1) is 14.5. The molecule has 0 saturated carbocycles. The molecular formula is C23H25ClN4O2. The van der Waals surface area contributed by atoms with Crippen LogP contribution in [0.4, 0.5) is 0 Å². The van der Waals surface area contributed by atoms with Gasteiger partial charge < -0.3 is 14.8 Å². The summed E-state index contributed by atoms with van der Waals surface area (Å²) in [7, 11) is 0. The molecule has 1 aliphatic heterocycles. The number of carbonyl (C=O) groups excluding carboxylic acids is 2. The quantitative estimate of drug-likeness (QED) is 0.672. The van der Waals surface area contributed by atoms with Gasteiger partial charge in [-0.05, 0) is 50.5 Å². The van der Waals surface area contributed by atoms with Crippen LogP contribution in [0.5, 0.6) is 0 Å². The molecule has 0 aliphatic carbocycles. The number of rotatable bonds is 5. The lowest BCUT2D eigenvalue weighted by atomic mass is 10.0. The Balaban J connectivity index is 1.56. The maximum Gasteiger partial charge on any atom is 0.253 e. The van der Waals surface area contributed by atoms with Crippen molar-refractivity contribution in [2.75, 3.05) is 6.54 Å². The number of nitrogens with zero attached hydrogens (tertiary/aromatic N) is 3. The van der Waals surface area contributed by atoms with E-state index in [9.17, 15) is 9.59 Å². The van der Waals surface area contributed by atoms with Crippen molar-refractivity contribution in [3.63, 3.8) is 0 Å². The van der Waals surface area contributed by atoms with Gasteiger partial charge in [0.05, 0.1) is 28.2 Å². The summed E-state index contributed by atoms with van der Waals surface area (Å²) >= 11 is 6.13. The van der Waals surface area contributed by atoms with Crippen molar-refractivity contribution in [2.24, 2.45) is 0 Å². The van der Waals surface area contributed by atoms with E-state index in [1.165, 1.54) is 0 Å². The van der Waals surface area contributed by atoms with Crippen LogP contribution in [0.15, 0.2) is 48.5 Å². The number of hydrogen-bond acceptors (Lipinski definition) is 3. The number of fused-ring (bicyclic) bond motifs is 1. The Kier molecular flexibility index (Phi) is 6.04. The van der Waals surface area contributed by atoms with Gasteiger partial charge in [0, 0.05) is 12.6 Å². The highest BCUT2D eigenvalue weighted by molar-refractivity contribution is 6.33. The number of hydrogen-bond donors (Lipinski definition) is 1. The van der Waals surface area contributed by atoms with Crippen LogP contribution in [0.2, 0.25) is 5.02 Å². The zero-order chi connectivity index (χ0) is 21.1. The van der Waals surface area contributed by atoms with Crippen LogP contribution in [0.25, 0.3) is 11.0 Å². The number of amides is 2. The van der Waals surface area contributed by atoms with Crippen molar-refractivity contribution in [2.45, 2.75) is 45.3 Å². The molecule has 1 saturated heterocycles. The van der Waals surface area contributed by atoms with Crippen LogP contribution in [-0.4, -0.2) is 38.9 Å². The number of carbonyl (C=O) groups is 2. The van der Waals surface area contributed by atoms with Gasteiger partial charge in [-0.1, -0.05) is 35.9 Å². The molecule has 0 spiro atoms. The number of likely N-dealkylation sites (tertiary alicyclic amines) is 1. The lowest BCUT2D eigenvalue weighted by molar-refractivity contribution is -0.135. The Morgan fingerprint density at radius 2 is 1.90 bits per heavy atom. The molecule has 1 N–H and O–H groups in total. The second-order valence-corrected chi connectivity index (χ2v) is 8.10. The molecule has 156 valence electrons. The summed E-state index contributed by atoms with van der Waals surface area (Å²) < 4.78 is 1.91. The van der Waals surface area contributed by atoms with Crippen molar-refractivity contribution in [3.8, 4) is 0 Å². The van der Waals surface area contributed by atoms with Crippen molar-refractivity contribution in [3.05, 3.63) is 64.9 Å². The van der Waals surface area contributed by atoms with Gasteiger partial charge in [0.25, 0.3) is 5.91 Å². The van der Waals surface area contributed by atoms with Crippen LogP contribution >= 0.6 is 11.6 Å². The zero-order valence-corrected chi connectivity index (χ0v) is 17.7. The summed E-state index contributed by atoms with van der Waals surface area (Å²) in [5, 5.41) is 3.29. The number of para-hydroxylation sites is 2. The monoisotopic (exact) mass is 424 g/mol. The van der Waals surface area contributed by atoms with E-state index in [4.69, 9.17) is 11.6 Å². The number of aromatic nitrogens is 2. The third kappa shape index (κ3) is 4.19. The molecule has 1 fully saturated rings. The van der Waals surface area contributed by atoms with Crippen molar-refractivity contribution < 1.29 is 9.59 Å². The number of imidazole rings is 1.